The summed E-state index contributed by atoms with van der Waals surface area (Å²) in [4.78, 5) is 37.3. The molecule has 0 aliphatic rings. The second-order valence-electron chi connectivity index (χ2n) is 21.2. The number of likely N-dealkylation sites (N-methyl/N-ethyl adjacent to an activating group) is 1. The number of ether oxygens (including phenoxy) is 4. The van der Waals surface area contributed by atoms with Crippen LogP contribution in [0.4, 0.5) is 0 Å². The Bertz CT molecular complexity index is 2060. The summed E-state index contributed by atoms with van der Waals surface area (Å²) in [6.07, 6.45) is 93.5. The SMILES string of the molecule is CC/C=C\C/C=C\C/C=C\C/C=C\C/C=C\C/C=C\C/C=C\C/C=C\C/C=C\C/C=C\C/C=C\CCCCCCCC(=O)OC(COC(=O)CCCCC/C=C\C/C=C\C/C=C\C/C=C\C/C=C\CC)COC(OCC[N+](C)(C)C)C(=O)[O-]. The van der Waals surface area contributed by atoms with E-state index in [1.54, 1.807) is 0 Å². The highest BCUT2D eigenvalue weighted by molar-refractivity contribution is 5.70. The predicted molar refractivity (Wildman–Crippen MR) is 351 cm³/mol. The first-order valence-corrected chi connectivity index (χ1v) is 31.6. The quantitative estimate of drug-likeness (QED) is 0.0195. The second kappa shape index (κ2) is 62.2. The van der Waals surface area contributed by atoms with Crippen LogP contribution < -0.4 is 5.11 Å². The zero-order valence-electron chi connectivity index (χ0n) is 52.5. The molecular weight excluding hydrogens is 1030 g/mol. The molecule has 0 aromatic carbocycles. The first-order valence-electron chi connectivity index (χ1n) is 31.6. The Labute approximate surface area is 506 Å². The maximum atomic E-state index is 12.9. The molecule has 0 fully saturated rings. The number of aliphatic carboxylic acids is 1. The molecule has 462 valence electrons. The molecule has 9 nitrogen and oxygen atoms in total. The minimum absolute atomic E-state index is 0.126. The lowest BCUT2D eigenvalue weighted by molar-refractivity contribution is -0.870. The van der Waals surface area contributed by atoms with Crippen LogP contribution in [0.5, 0.6) is 0 Å². The van der Waals surface area contributed by atoms with E-state index in [0.29, 0.717) is 23.9 Å². The highest BCUT2D eigenvalue weighted by Gasteiger charge is 2.22. The molecule has 9 heteroatoms. The van der Waals surface area contributed by atoms with E-state index in [9.17, 15) is 19.5 Å². The van der Waals surface area contributed by atoms with E-state index in [4.69, 9.17) is 18.9 Å². The Morgan fingerprint density at radius 1 is 0.361 bits per heavy atom. The lowest BCUT2D eigenvalue weighted by atomic mass is 10.1. The van der Waals surface area contributed by atoms with E-state index < -0.39 is 30.3 Å². The Balaban J connectivity index is 4.32. The van der Waals surface area contributed by atoms with Gasteiger partial charge in [-0.1, -0.05) is 234 Å². The van der Waals surface area contributed by atoms with Crippen molar-refractivity contribution in [2.24, 2.45) is 0 Å². The van der Waals surface area contributed by atoms with Gasteiger partial charge in [-0.2, -0.15) is 0 Å². The van der Waals surface area contributed by atoms with Crippen LogP contribution in [0.2, 0.25) is 0 Å². The summed E-state index contributed by atoms with van der Waals surface area (Å²) >= 11 is 0. The molecule has 0 aromatic rings. The average Bonchev–Trinajstić information content (AvgIpc) is 3.46. The zero-order chi connectivity index (χ0) is 60.5. The summed E-state index contributed by atoms with van der Waals surface area (Å²) in [5.41, 5.74) is 0. The number of allylic oxidation sites excluding steroid dienone is 32. The van der Waals surface area contributed by atoms with Gasteiger partial charge in [0.15, 0.2) is 12.4 Å². The molecule has 0 rings (SSSR count). The topological polar surface area (TPSA) is 111 Å². The average molecular weight is 1140 g/mol. The van der Waals surface area contributed by atoms with Gasteiger partial charge >= 0.3 is 11.9 Å². The van der Waals surface area contributed by atoms with Gasteiger partial charge in [0.05, 0.1) is 40.3 Å². The standard InChI is InChI=1S/C74H113NO8/c1-6-8-10-12-14-16-18-20-22-24-26-27-28-29-30-31-32-33-34-35-36-37-38-39-40-41-42-43-44-45-47-49-51-53-55-57-59-61-63-65-72(77)83-70(69-82-74(73(78)79)80-67-66-75(3,4)5)68-81-71(76)64-62-60-58-56-54-52-50-48-46-25-23-21-19-17-15-13-11-9-7-2/h8-11,14-17,20-23,26-27,29-30,32-33,35-36,38-39,41-42,44-46,48-49,51-52,54,70,74H,6-7,12-13,18-19,24-25,28,31,34,37,40,43,47,50,53,55-69H2,1-5H3/b10-8-,11-9-,16-14-,17-15-,22-20-,23-21-,27-26-,30-29-,33-32-,36-35-,39-38-,42-41-,45-44-,48-46-,51-49-,54-52-. The molecule has 0 aliphatic carbocycles. The van der Waals surface area contributed by atoms with Gasteiger partial charge in [0.25, 0.3) is 0 Å². The predicted octanol–water partition coefficient (Wildman–Crippen LogP) is 18.1. The number of esters is 2. The lowest BCUT2D eigenvalue weighted by Crippen LogP contribution is -2.44. The van der Waals surface area contributed by atoms with Crippen LogP contribution in [-0.4, -0.2) is 82.3 Å². The number of hydrogen-bond acceptors (Lipinski definition) is 8. The number of quaternary nitrogens is 1. The van der Waals surface area contributed by atoms with Crippen molar-refractivity contribution in [2.75, 3.05) is 47.5 Å². The van der Waals surface area contributed by atoms with Crippen molar-refractivity contribution < 1.29 is 42.9 Å². The Kier molecular flexibility index (Phi) is 57.8. The minimum atomic E-state index is -1.65. The smallest absolute Gasteiger partial charge is 0.306 e. The van der Waals surface area contributed by atoms with E-state index in [0.717, 1.165) is 154 Å². The molecule has 0 spiro atoms. The summed E-state index contributed by atoms with van der Waals surface area (Å²) in [7, 11) is 5.89. The summed E-state index contributed by atoms with van der Waals surface area (Å²) in [6, 6.07) is 0. The van der Waals surface area contributed by atoms with E-state index in [-0.39, 0.29) is 32.7 Å². The molecule has 0 amide bonds. The van der Waals surface area contributed by atoms with Gasteiger partial charge in [0, 0.05) is 12.8 Å². The van der Waals surface area contributed by atoms with Gasteiger partial charge in [-0.3, -0.25) is 9.59 Å². The van der Waals surface area contributed by atoms with Crippen molar-refractivity contribution in [1.29, 1.82) is 0 Å². The molecule has 0 saturated carbocycles. The van der Waals surface area contributed by atoms with Crippen LogP contribution in [-0.2, 0) is 33.3 Å². The zero-order valence-corrected chi connectivity index (χ0v) is 52.5. The van der Waals surface area contributed by atoms with Crippen LogP contribution in [0.25, 0.3) is 0 Å². The van der Waals surface area contributed by atoms with E-state index in [2.05, 4.69) is 208 Å². The minimum Gasteiger partial charge on any atom is -0.545 e. The fourth-order valence-electron chi connectivity index (χ4n) is 7.56. The van der Waals surface area contributed by atoms with Gasteiger partial charge in [-0.05, 0) is 141 Å². The van der Waals surface area contributed by atoms with Crippen LogP contribution in [0.15, 0.2) is 194 Å². The molecular formula is C74H113NO8. The third kappa shape index (κ3) is 63.6. The second-order valence-corrected chi connectivity index (χ2v) is 21.2. The molecule has 0 aliphatic heterocycles. The molecule has 2 unspecified atom stereocenters. The third-order valence-corrected chi connectivity index (χ3v) is 12.3. The first kappa shape index (κ1) is 77.1. The van der Waals surface area contributed by atoms with Gasteiger partial charge in [0.1, 0.15) is 13.2 Å². The monoisotopic (exact) mass is 1140 g/mol. The summed E-state index contributed by atoms with van der Waals surface area (Å²) in [6.45, 7) is 4.41. The number of carboxylic acids is 1. The third-order valence-electron chi connectivity index (χ3n) is 12.3. The van der Waals surface area contributed by atoms with Crippen LogP contribution in [0.1, 0.15) is 194 Å². The molecule has 0 heterocycles. The molecule has 0 aromatic heterocycles. The molecule has 0 radical (unpaired) electrons. The maximum absolute atomic E-state index is 12.9. The van der Waals surface area contributed by atoms with Crippen molar-refractivity contribution >= 4 is 17.9 Å². The number of nitrogens with zero attached hydrogens (tertiary/aromatic N) is 1. The van der Waals surface area contributed by atoms with Crippen LogP contribution >= 0.6 is 0 Å². The van der Waals surface area contributed by atoms with Crippen LogP contribution in [0.3, 0.4) is 0 Å². The maximum Gasteiger partial charge on any atom is 0.306 e. The Morgan fingerprint density at radius 3 is 0.976 bits per heavy atom. The number of unbranched alkanes of at least 4 members (excludes halogenated alkanes) is 8. The molecule has 83 heavy (non-hydrogen) atoms. The molecule has 0 saturated heterocycles. The van der Waals surface area contributed by atoms with Gasteiger partial charge in [-0.15, -0.1) is 0 Å². The van der Waals surface area contributed by atoms with Gasteiger partial charge in [0.2, 0.25) is 0 Å². The van der Waals surface area contributed by atoms with Crippen LogP contribution in [0, 0.1) is 0 Å². The number of carboxylic acid groups (broad SMARTS) is 1. The number of carbonyl (C=O) groups excluding carboxylic acids is 3. The van der Waals surface area contributed by atoms with Gasteiger partial charge in [-0.25, -0.2) is 0 Å². The van der Waals surface area contributed by atoms with E-state index >= 15 is 0 Å². The normalized spacial score (nSPS) is 14.1. The largest absolute Gasteiger partial charge is 0.545 e. The lowest BCUT2D eigenvalue weighted by Gasteiger charge is -2.26. The molecule has 2 atom stereocenters. The summed E-state index contributed by atoms with van der Waals surface area (Å²) in [5, 5.41) is 11.8. The highest BCUT2D eigenvalue weighted by Crippen LogP contribution is 2.12. The number of rotatable bonds is 55. The highest BCUT2D eigenvalue weighted by atomic mass is 16.7. The molecule has 0 bridgehead atoms. The van der Waals surface area contributed by atoms with E-state index in [1.165, 1.54) is 0 Å². The summed E-state index contributed by atoms with van der Waals surface area (Å²) < 4.78 is 22.6. The van der Waals surface area contributed by atoms with E-state index in [1.807, 2.05) is 21.1 Å². The summed E-state index contributed by atoms with van der Waals surface area (Å²) in [5.74, 6) is -2.38. The number of hydrogen-bond donors (Lipinski definition) is 0. The van der Waals surface area contributed by atoms with Crippen molar-refractivity contribution in [1.82, 2.24) is 0 Å². The van der Waals surface area contributed by atoms with Crippen molar-refractivity contribution in [3.63, 3.8) is 0 Å². The van der Waals surface area contributed by atoms with Gasteiger partial charge < -0.3 is 33.3 Å². The number of carbonyl (C=O) groups is 3. The van der Waals surface area contributed by atoms with Crippen molar-refractivity contribution in [2.45, 2.75) is 206 Å². The van der Waals surface area contributed by atoms with Crippen molar-refractivity contribution in [3.8, 4) is 0 Å². The fourth-order valence-corrected chi connectivity index (χ4v) is 7.56. The Morgan fingerprint density at radius 2 is 0.651 bits per heavy atom. The van der Waals surface area contributed by atoms with Crippen molar-refractivity contribution in [3.05, 3.63) is 194 Å². The molecule has 0 N–H and O–H groups in total. The fraction of sp³-hybridized carbons (Fsp3) is 0.527. The first-order chi connectivity index (χ1) is 40.6. The Hall–Kier alpha value is -5.87.